The van der Waals surface area contributed by atoms with Crippen molar-refractivity contribution in [1.82, 2.24) is 10.3 Å². The number of pyridine rings is 1. The highest BCUT2D eigenvalue weighted by Gasteiger charge is 2.12. The molecule has 0 saturated heterocycles. The zero-order chi connectivity index (χ0) is 13.8. The van der Waals surface area contributed by atoms with Crippen LogP contribution in [-0.2, 0) is 10.0 Å². The Kier molecular flexibility index (Phi) is 4.62. The average molecular weight is 272 g/mol. The third-order valence-corrected chi connectivity index (χ3v) is 3.00. The molecule has 18 heavy (non-hydrogen) atoms. The van der Waals surface area contributed by atoms with E-state index in [2.05, 4.69) is 15.6 Å². The van der Waals surface area contributed by atoms with Gasteiger partial charge in [0, 0.05) is 25.5 Å². The van der Waals surface area contributed by atoms with Gasteiger partial charge in [0.1, 0.15) is 0 Å². The van der Waals surface area contributed by atoms with Gasteiger partial charge in [-0.1, -0.05) is 0 Å². The molecule has 0 aliphatic rings. The minimum atomic E-state index is -3.57. The number of anilines is 1. The zero-order valence-corrected chi connectivity index (χ0v) is 11.0. The number of hydrogen-bond donors (Lipinski definition) is 3. The number of rotatable bonds is 5. The third kappa shape index (κ3) is 4.30. The first-order valence-electron chi connectivity index (χ1n) is 5.26. The lowest BCUT2D eigenvalue weighted by molar-refractivity contribution is 0.0956. The Morgan fingerprint density at radius 1 is 1.50 bits per heavy atom. The largest absolute Gasteiger partial charge is 0.387 e. The molecule has 1 aromatic heterocycles. The van der Waals surface area contributed by atoms with Crippen molar-refractivity contribution in [3.8, 4) is 0 Å². The van der Waals surface area contributed by atoms with Crippen LogP contribution in [-0.4, -0.2) is 38.7 Å². The van der Waals surface area contributed by atoms with E-state index in [9.17, 15) is 13.2 Å². The summed E-state index contributed by atoms with van der Waals surface area (Å²) in [5.41, 5.74) is 1.77. The predicted octanol–water partition coefficient (Wildman–Crippen LogP) is -0.550. The van der Waals surface area contributed by atoms with Crippen LogP contribution in [0.4, 0.5) is 5.69 Å². The van der Waals surface area contributed by atoms with E-state index in [1.54, 1.807) is 13.1 Å². The van der Waals surface area contributed by atoms with Crippen LogP contribution in [0.25, 0.3) is 0 Å². The Bertz CT molecular complexity index is 542. The average Bonchev–Trinajstić information content (AvgIpc) is 2.26. The molecule has 8 heteroatoms. The monoisotopic (exact) mass is 272 g/mol. The SMILES string of the molecule is CNc1cc(C)ncc1C(=O)NCCS(N)(=O)=O. The smallest absolute Gasteiger partial charge is 0.254 e. The Morgan fingerprint density at radius 2 is 2.17 bits per heavy atom. The lowest BCUT2D eigenvalue weighted by atomic mass is 10.2. The van der Waals surface area contributed by atoms with Crippen LogP contribution >= 0.6 is 0 Å². The number of nitrogens with two attached hydrogens (primary N) is 1. The lowest BCUT2D eigenvalue weighted by Gasteiger charge is -2.09. The summed E-state index contributed by atoms with van der Waals surface area (Å²) in [4.78, 5) is 15.8. The topological polar surface area (TPSA) is 114 Å². The van der Waals surface area contributed by atoms with Crippen molar-refractivity contribution in [3.05, 3.63) is 23.5 Å². The second kappa shape index (κ2) is 5.78. The highest BCUT2D eigenvalue weighted by Crippen LogP contribution is 2.14. The molecule has 0 aliphatic heterocycles. The molecule has 0 unspecified atom stereocenters. The molecule has 1 aromatic rings. The summed E-state index contributed by atoms with van der Waals surface area (Å²) < 4.78 is 21.4. The summed E-state index contributed by atoms with van der Waals surface area (Å²) in [6, 6.07) is 1.73. The first-order valence-corrected chi connectivity index (χ1v) is 6.98. The van der Waals surface area contributed by atoms with E-state index in [0.717, 1.165) is 5.69 Å². The van der Waals surface area contributed by atoms with Gasteiger partial charge >= 0.3 is 0 Å². The van der Waals surface area contributed by atoms with Crippen molar-refractivity contribution in [2.45, 2.75) is 6.92 Å². The normalized spacial score (nSPS) is 11.1. The maximum absolute atomic E-state index is 11.8. The molecule has 0 saturated carbocycles. The van der Waals surface area contributed by atoms with E-state index in [-0.39, 0.29) is 12.3 Å². The first-order chi connectivity index (χ1) is 8.33. The van der Waals surface area contributed by atoms with E-state index in [1.165, 1.54) is 6.20 Å². The molecule has 0 fully saturated rings. The summed E-state index contributed by atoms with van der Waals surface area (Å²) in [7, 11) is -1.88. The maximum atomic E-state index is 11.8. The van der Waals surface area contributed by atoms with Gasteiger partial charge in [0.2, 0.25) is 10.0 Å². The fourth-order valence-corrected chi connectivity index (χ4v) is 1.74. The highest BCUT2D eigenvalue weighted by molar-refractivity contribution is 7.89. The van der Waals surface area contributed by atoms with Gasteiger partial charge in [-0.2, -0.15) is 0 Å². The molecule has 7 nitrogen and oxygen atoms in total. The van der Waals surface area contributed by atoms with Crippen LogP contribution in [0.2, 0.25) is 0 Å². The van der Waals surface area contributed by atoms with Gasteiger partial charge in [-0.05, 0) is 13.0 Å². The zero-order valence-electron chi connectivity index (χ0n) is 10.2. The number of carbonyl (C=O) groups is 1. The molecular weight excluding hydrogens is 256 g/mol. The van der Waals surface area contributed by atoms with Gasteiger partial charge in [-0.3, -0.25) is 9.78 Å². The van der Waals surface area contributed by atoms with Crippen LogP contribution < -0.4 is 15.8 Å². The van der Waals surface area contributed by atoms with Gasteiger partial charge in [0.25, 0.3) is 5.91 Å². The minimum absolute atomic E-state index is 0.0330. The van der Waals surface area contributed by atoms with Gasteiger partial charge in [-0.15, -0.1) is 0 Å². The van der Waals surface area contributed by atoms with Crippen molar-refractivity contribution in [2.24, 2.45) is 5.14 Å². The Balaban J connectivity index is 2.73. The standard InChI is InChI=1S/C10H16N4O3S/c1-7-5-9(12-2)8(6-14-7)10(15)13-3-4-18(11,16)17/h5-6H,3-4H2,1-2H3,(H,12,14)(H,13,15)(H2,11,16,17). The Morgan fingerprint density at radius 3 is 2.72 bits per heavy atom. The molecule has 0 aliphatic carbocycles. The molecule has 0 bridgehead atoms. The molecule has 4 N–H and O–H groups in total. The number of nitrogens with zero attached hydrogens (tertiary/aromatic N) is 1. The molecule has 1 rings (SSSR count). The number of carbonyl (C=O) groups excluding carboxylic acids is 1. The molecule has 0 atom stereocenters. The molecule has 1 amide bonds. The summed E-state index contributed by atoms with van der Waals surface area (Å²) in [5.74, 6) is -0.692. The number of amides is 1. The Labute approximate surface area is 106 Å². The van der Waals surface area contributed by atoms with Crippen LogP contribution in [0, 0.1) is 6.92 Å². The summed E-state index contributed by atoms with van der Waals surface area (Å²) in [5, 5.41) is 10.2. The van der Waals surface area contributed by atoms with E-state index < -0.39 is 15.9 Å². The second-order valence-corrected chi connectivity index (χ2v) is 5.48. The number of sulfonamides is 1. The van der Waals surface area contributed by atoms with Crippen molar-refractivity contribution in [2.75, 3.05) is 24.7 Å². The van der Waals surface area contributed by atoms with Crippen LogP contribution in [0.5, 0.6) is 0 Å². The predicted molar refractivity (Wildman–Crippen MR) is 68.8 cm³/mol. The number of hydrogen-bond acceptors (Lipinski definition) is 5. The maximum Gasteiger partial charge on any atom is 0.254 e. The fourth-order valence-electron chi connectivity index (χ4n) is 1.35. The summed E-state index contributed by atoms with van der Waals surface area (Å²) in [6.07, 6.45) is 1.44. The van der Waals surface area contributed by atoms with Gasteiger partial charge in [0.15, 0.2) is 0 Å². The van der Waals surface area contributed by atoms with Gasteiger partial charge in [-0.25, -0.2) is 13.6 Å². The molecule has 0 aromatic carbocycles. The molecule has 1 heterocycles. The van der Waals surface area contributed by atoms with E-state index >= 15 is 0 Å². The van der Waals surface area contributed by atoms with Crippen molar-refractivity contribution >= 4 is 21.6 Å². The molecule has 100 valence electrons. The molecular formula is C10H16N4O3S. The molecule has 0 spiro atoms. The van der Waals surface area contributed by atoms with Crippen molar-refractivity contribution in [3.63, 3.8) is 0 Å². The molecule has 0 radical (unpaired) electrons. The summed E-state index contributed by atoms with van der Waals surface area (Å²) >= 11 is 0. The number of aryl methyl sites for hydroxylation is 1. The summed E-state index contributed by atoms with van der Waals surface area (Å²) in [6.45, 7) is 1.78. The number of aromatic nitrogens is 1. The third-order valence-electron chi connectivity index (χ3n) is 2.23. The van der Waals surface area contributed by atoms with Crippen LogP contribution in [0.1, 0.15) is 16.1 Å². The lowest BCUT2D eigenvalue weighted by Crippen LogP contribution is -2.31. The van der Waals surface area contributed by atoms with E-state index in [0.29, 0.717) is 11.3 Å². The number of primary sulfonamides is 1. The van der Waals surface area contributed by atoms with Crippen LogP contribution in [0.3, 0.4) is 0 Å². The van der Waals surface area contributed by atoms with Gasteiger partial charge < -0.3 is 10.6 Å². The van der Waals surface area contributed by atoms with Crippen molar-refractivity contribution in [1.29, 1.82) is 0 Å². The van der Waals surface area contributed by atoms with E-state index in [1.807, 2.05) is 6.92 Å². The van der Waals surface area contributed by atoms with Crippen LogP contribution in [0.15, 0.2) is 12.3 Å². The quantitative estimate of drug-likeness (QED) is 0.665. The number of nitrogens with one attached hydrogen (secondary N) is 2. The first kappa shape index (κ1) is 14.4. The van der Waals surface area contributed by atoms with Gasteiger partial charge in [0.05, 0.1) is 17.0 Å². The highest BCUT2D eigenvalue weighted by atomic mass is 32.2. The fraction of sp³-hybridized carbons (Fsp3) is 0.400. The van der Waals surface area contributed by atoms with E-state index in [4.69, 9.17) is 5.14 Å². The Hall–Kier alpha value is -1.67. The minimum Gasteiger partial charge on any atom is -0.387 e. The second-order valence-electron chi connectivity index (χ2n) is 3.74. The van der Waals surface area contributed by atoms with Crippen molar-refractivity contribution < 1.29 is 13.2 Å².